The molecule has 1 amide bonds. The summed E-state index contributed by atoms with van der Waals surface area (Å²) in [6.45, 7) is 4.25. The summed E-state index contributed by atoms with van der Waals surface area (Å²) in [6, 6.07) is -0.647. The molecule has 4 heteroatoms. The van der Waals surface area contributed by atoms with Crippen LogP contribution in [0, 0.1) is 0 Å². The van der Waals surface area contributed by atoms with E-state index in [9.17, 15) is 15.0 Å². The summed E-state index contributed by atoms with van der Waals surface area (Å²) in [5, 5.41) is 22.7. The Labute approximate surface area is 275 Å². The number of aliphatic hydroxyl groups is 2. The SMILES string of the molecule is CCCCCCC/C=C/C=C/[C@@H](O)[C@H](CO)NC(=O)CCCCCCCCCCCCCCCCCCCCCCCCC. The fourth-order valence-corrected chi connectivity index (χ4v) is 5.94. The maximum atomic E-state index is 12.3. The molecule has 4 nitrogen and oxygen atoms in total. The van der Waals surface area contributed by atoms with Gasteiger partial charge in [0, 0.05) is 6.42 Å². The van der Waals surface area contributed by atoms with Crippen molar-refractivity contribution >= 4 is 5.91 Å². The highest BCUT2D eigenvalue weighted by Gasteiger charge is 2.17. The Kier molecular flexibility index (Phi) is 35.4. The number of unbranched alkanes of at least 4 members (excludes halogenated alkanes) is 27. The van der Waals surface area contributed by atoms with Gasteiger partial charge >= 0.3 is 0 Å². The zero-order valence-electron chi connectivity index (χ0n) is 29.7. The molecule has 2 atom stereocenters. The minimum atomic E-state index is -0.882. The quantitative estimate of drug-likeness (QED) is 0.0488. The van der Waals surface area contributed by atoms with Crippen LogP contribution in [-0.2, 0) is 4.79 Å². The van der Waals surface area contributed by atoms with Crippen molar-refractivity contribution in [2.24, 2.45) is 0 Å². The fourth-order valence-electron chi connectivity index (χ4n) is 5.94. The Morgan fingerprint density at radius 2 is 0.909 bits per heavy atom. The first-order valence-electron chi connectivity index (χ1n) is 19.6. The predicted octanol–water partition coefficient (Wildman–Crippen LogP) is 11.7. The molecule has 0 aromatic heterocycles. The molecule has 0 aromatic rings. The van der Waals surface area contributed by atoms with Gasteiger partial charge in [-0.25, -0.2) is 0 Å². The van der Waals surface area contributed by atoms with E-state index in [0.29, 0.717) is 6.42 Å². The Morgan fingerprint density at radius 1 is 0.545 bits per heavy atom. The van der Waals surface area contributed by atoms with Gasteiger partial charge in [-0.05, 0) is 19.3 Å². The molecule has 0 aliphatic rings. The van der Waals surface area contributed by atoms with E-state index in [-0.39, 0.29) is 12.5 Å². The summed E-state index contributed by atoms with van der Waals surface area (Å²) in [7, 11) is 0. The number of allylic oxidation sites excluding steroid dienone is 3. The molecule has 0 spiro atoms. The number of hydrogen-bond acceptors (Lipinski definition) is 3. The van der Waals surface area contributed by atoms with Gasteiger partial charge in [0.1, 0.15) is 0 Å². The van der Waals surface area contributed by atoms with Crippen LogP contribution in [0.4, 0.5) is 0 Å². The minimum absolute atomic E-state index is 0.0809. The zero-order valence-corrected chi connectivity index (χ0v) is 29.7. The van der Waals surface area contributed by atoms with E-state index in [4.69, 9.17) is 0 Å². The molecule has 0 saturated heterocycles. The second-order valence-electron chi connectivity index (χ2n) is 13.4. The van der Waals surface area contributed by atoms with Crippen molar-refractivity contribution in [2.45, 2.75) is 219 Å². The lowest BCUT2D eigenvalue weighted by Gasteiger charge is -2.19. The van der Waals surface area contributed by atoms with E-state index < -0.39 is 12.1 Å². The third-order valence-corrected chi connectivity index (χ3v) is 8.99. The molecule has 0 heterocycles. The molecule has 0 aliphatic carbocycles. The molecular formula is C40H77NO3. The second-order valence-corrected chi connectivity index (χ2v) is 13.4. The molecule has 3 N–H and O–H groups in total. The Bertz CT molecular complexity index is 632. The first kappa shape index (κ1) is 42.9. The first-order chi connectivity index (χ1) is 21.7. The molecule has 0 unspecified atom stereocenters. The topological polar surface area (TPSA) is 69.6 Å². The number of aliphatic hydroxyl groups excluding tert-OH is 2. The summed E-state index contributed by atoms with van der Waals surface area (Å²) >= 11 is 0. The highest BCUT2D eigenvalue weighted by molar-refractivity contribution is 5.76. The van der Waals surface area contributed by atoms with E-state index in [0.717, 1.165) is 19.3 Å². The van der Waals surface area contributed by atoms with Crippen molar-refractivity contribution in [3.05, 3.63) is 24.3 Å². The maximum absolute atomic E-state index is 12.3. The van der Waals surface area contributed by atoms with Crippen LogP contribution < -0.4 is 5.32 Å². The molecule has 0 bridgehead atoms. The van der Waals surface area contributed by atoms with Crippen LogP contribution in [0.5, 0.6) is 0 Å². The normalized spacial score (nSPS) is 13.3. The van der Waals surface area contributed by atoms with Gasteiger partial charge in [-0.2, -0.15) is 0 Å². The summed E-state index contributed by atoms with van der Waals surface area (Å²) in [5.74, 6) is -0.0809. The van der Waals surface area contributed by atoms with Crippen molar-refractivity contribution < 1.29 is 15.0 Å². The van der Waals surface area contributed by atoms with Crippen LogP contribution >= 0.6 is 0 Å². The van der Waals surface area contributed by atoms with Crippen LogP contribution in [0.1, 0.15) is 206 Å². The van der Waals surface area contributed by atoms with Crippen molar-refractivity contribution in [2.75, 3.05) is 6.61 Å². The number of rotatable bonds is 35. The molecule has 0 rings (SSSR count). The molecule has 260 valence electrons. The highest BCUT2D eigenvalue weighted by atomic mass is 16.3. The summed E-state index contributed by atoms with van der Waals surface area (Å²) in [4.78, 5) is 12.3. The van der Waals surface area contributed by atoms with Gasteiger partial charge in [-0.15, -0.1) is 0 Å². The van der Waals surface area contributed by atoms with Gasteiger partial charge in [0.05, 0.1) is 18.8 Å². The van der Waals surface area contributed by atoms with Gasteiger partial charge < -0.3 is 15.5 Å². The zero-order chi connectivity index (χ0) is 32.2. The first-order valence-corrected chi connectivity index (χ1v) is 19.6. The average molecular weight is 620 g/mol. The standard InChI is InChI=1S/C40H77NO3/c1-3-5-7-9-11-13-14-15-16-17-18-19-20-21-22-23-24-25-26-28-30-32-34-36-40(44)41-38(37-42)39(43)35-33-31-29-27-12-10-8-6-4-2/h29,31,33,35,38-39,42-43H,3-28,30,32,34,36-37H2,1-2H3,(H,41,44)/b31-29+,35-33+/t38-,39+/m0/s1. The number of carbonyl (C=O) groups excluding carboxylic acids is 1. The van der Waals surface area contributed by atoms with E-state index in [1.165, 1.54) is 167 Å². The molecule has 0 aliphatic heterocycles. The molecule has 0 aromatic carbocycles. The van der Waals surface area contributed by atoms with Crippen molar-refractivity contribution in [3.8, 4) is 0 Å². The number of amides is 1. The Morgan fingerprint density at radius 3 is 1.30 bits per heavy atom. The Balaban J connectivity index is 3.49. The summed E-state index contributed by atoms with van der Waals surface area (Å²) < 4.78 is 0. The minimum Gasteiger partial charge on any atom is -0.394 e. The van der Waals surface area contributed by atoms with E-state index in [2.05, 4.69) is 25.2 Å². The van der Waals surface area contributed by atoms with Crippen molar-refractivity contribution in [1.82, 2.24) is 5.32 Å². The average Bonchev–Trinajstić information content (AvgIpc) is 3.03. The maximum Gasteiger partial charge on any atom is 0.220 e. The van der Waals surface area contributed by atoms with E-state index in [1.54, 1.807) is 6.08 Å². The van der Waals surface area contributed by atoms with E-state index in [1.807, 2.05) is 12.2 Å². The van der Waals surface area contributed by atoms with Crippen LogP contribution in [0.3, 0.4) is 0 Å². The summed E-state index contributed by atoms with van der Waals surface area (Å²) in [5.41, 5.74) is 0. The third kappa shape index (κ3) is 32.3. The highest BCUT2D eigenvalue weighted by Crippen LogP contribution is 2.16. The smallest absolute Gasteiger partial charge is 0.220 e. The van der Waals surface area contributed by atoms with Gasteiger partial charge in [0.25, 0.3) is 0 Å². The Hall–Kier alpha value is -1.13. The van der Waals surface area contributed by atoms with Crippen LogP contribution in [0.15, 0.2) is 24.3 Å². The van der Waals surface area contributed by atoms with Gasteiger partial charge in [0.15, 0.2) is 0 Å². The summed E-state index contributed by atoms with van der Waals surface area (Å²) in [6.07, 6.45) is 45.8. The lowest BCUT2D eigenvalue weighted by Crippen LogP contribution is -2.45. The number of nitrogens with one attached hydrogen (secondary N) is 1. The third-order valence-electron chi connectivity index (χ3n) is 8.99. The van der Waals surface area contributed by atoms with Crippen LogP contribution in [0.2, 0.25) is 0 Å². The largest absolute Gasteiger partial charge is 0.394 e. The molecular weight excluding hydrogens is 542 g/mol. The number of carbonyl (C=O) groups is 1. The van der Waals surface area contributed by atoms with Crippen LogP contribution in [-0.4, -0.2) is 34.9 Å². The van der Waals surface area contributed by atoms with Gasteiger partial charge in [-0.3, -0.25) is 4.79 Å². The van der Waals surface area contributed by atoms with Gasteiger partial charge in [0.2, 0.25) is 5.91 Å². The van der Waals surface area contributed by atoms with Crippen molar-refractivity contribution in [1.29, 1.82) is 0 Å². The molecule has 44 heavy (non-hydrogen) atoms. The second kappa shape index (κ2) is 36.3. The molecule has 0 fully saturated rings. The molecule has 0 saturated carbocycles. The van der Waals surface area contributed by atoms with E-state index >= 15 is 0 Å². The van der Waals surface area contributed by atoms with Gasteiger partial charge in [-0.1, -0.05) is 205 Å². The lowest BCUT2D eigenvalue weighted by atomic mass is 10.0. The fraction of sp³-hybridized carbons (Fsp3) is 0.875. The lowest BCUT2D eigenvalue weighted by molar-refractivity contribution is -0.123. The number of hydrogen-bond donors (Lipinski definition) is 3. The van der Waals surface area contributed by atoms with Crippen molar-refractivity contribution in [3.63, 3.8) is 0 Å². The monoisotopic (exact) mass is 620 g/mol. The molecule has 0 radical (unpaired) electrons. The predicted molar refractivity (Wildman–Crippen MR) is 193 cm³/mol. The van der Waals surface area contributed by atoms with Crippen LogP contribution in [0.25, 0.3) is 0 Å².